The fourth-order valence-corrected chi connectivity index (χ4v) is 7.76. The molecule has 1 saturated heterocycles. The van der Waals surface area contributed by atoms with Crippen molar-refractivity contribution in [1.29, 1.82) is 0 Å². The number of aromatic hydroxyl groups is 1. The SMILES string of the molecule is COc1ccc(N2C(=O)C3Sc4[nH]c(=O)sc4C(c4ccc(OCC(=O)Nc5ccc(O)cc5)c(OC)c4)C3C2=O)cc1. The second-order valence-corrected chi connectivity index (χ2v) is 11.9. The number of hydrogen-bond donors (Lipinski definition) is 3. The molecule has 2 aliphatic rings. The highest BCUT2D eigenvalue weighted by atomic mass is 32.2. The lowest BCUT2D eigenvalue weighted by Crippen LogP contribution is -2.32. The van der Waals surface area contributed by atoms with E-state index in [0.717, 1.165) is 11.3 Å². The number of fused-ring (bicyclic) bond motifs is 2. The number of thiazole rings is 1. The molecule has 2 aliphatic heterocycles. The third-order valence-electron chi connectivity index (χ3n) is 7.21. The number of aromatic nitrogens is 1. The molecule has 1 fully saturated rings. The average molecular weight is 620 g/mol. The van der Waals surface area contributed by atoms with Crippen molar-refractivity contribution >= 4 is 52.2 Å². The molecular formula is C30H25N3O8S2. The Hall–Kier alpha value is -4.75. The maximum atomic E-state index is 13.9. The lowest BCUT2D eigenvalue weighted by Gasteiger charge is -2.30. The van der Waals surface area contributed by atoms with E-state index in [4.69, 9.17) is 14.2 Å². The number of nitrogens with one attached hydrogen (secondary N) is 2. The first kappa shape index (κ1) is 28.4. The Morgan fingerprint density at radius 1 is 0.953 bits per heavy atom. The summed E-state index contributed by atoms with van der Waals surface area (Å²) < 4.78 is 16.5. The highest BCUT2D eigenvalue weighted by Gasteiger charge is 2.56. The predicted molar refractivity (Wildman–Crippen MR) is 161 cm³/mol. The molecule has 0 bridgehead atoms. The number of H-pyrrole nitrogens is 1. The number of nitrogens with zero attached hydrogens (tertiary/aromatic N) is 1. The zero-order chi connectivity index (χ0) is 30.2. The number of hydrogen-bond acceptors (Lipinski definition) is 10. The van der Waals surface area contributed by atoms with Crippen LogP contribution in [-0.2, 0) is 14.4 Å². The molecular weight excluding hydrogens is 594 g/mol. The summed E-state index contributed by atoms with van der Waals surface area (Å²) in [6.07, 6.45) is 0. The Morgan fingerprint density at radius 2 is 1.70 bits per heavy atom. The maximum Gasteiger partial charge on any atom is 0.305 e. The molecule has 3 unspecified atom stereocenters. The first-order valence-electron chi connectivity index (χ1n) is 13.1. The van der Waals surface area contributed by atoms with Crippen LogP contribution in [0.2, 0.25) is 0 Å². The number of phenolic OH excluding ortho intramolecular Hbond substituents is 1. The van der Waals surface area contributed by atoms with E-state index in [9.17, 15) is 24.3 Å². The zero-order valence-corrected chi connectivity index (χ0v) is 24.5. The Bertz CT molecular complexity index is 1770. The van der Waals surface area contributed by atoms with Gasteiger partial charge in [-0.1, -0.05) is 29.2 Å². The first-order chi connectivity index (χ1) is 20.8. The number of benzene rings is 3. The van der Waals surface area contributed by atoms with Crippen molar-refractivity contribution < 1.29 is 33.7 Å². The Kier molecular flexibility index (Phi) is 7.59. The number of aromatic amines is 1. The number of imide groups is 1. The fraction of sp³-hybridized carbons (Fsp3) is 0.200. The molecule has 1 aromatic heterocycles. The molecule has 0 saturated carbocycles. The fourth-order valence-electron chi connectivity index (χ4n) is 5.24. The standard InChI is InChI=1S/C30H25N3O8S2/c1-39-19-10-6-17(7-11-19)33-28(36)24-23(25-27(32-30(38)43-25)42-26(24)29(33)37)15-3-12-20(21(13-15)40-2)41-14-22(35)31-16-4-8-18(34)9-5-16/h3-13,23-24,26,34H,14H2,1-2H3,(H,31,35)(H,32,38). The number of phenols is 1. The van der Waals surface area contributed by atoms with Crippen LogP contribution in [0.15, 0.2) is 76.6 Å². The second kappa shape index (κ2) is 11.5. The van der Waals surface area contributed by atoms with E-state index in [1.165, 1.54) is 43.0 Å². The van der Waals surface area contributed by atoms with Crippen molar-refractivity contribution in [1.82, 2.24) is 4.98 Å². The quantitative estimate of drug-likeness (QED) is 0.197. The van der Waals surface area contributed by atoms with Crippen LogP contribution in [0.4, 0.5) is 11.4 Å². The number of carbonyl (C=O) groups is 3. The highest BCUT2D eigenvalue weighted by Crippen LogP contribution is 2.53. The summed E-state index contributed by atoms with van der Waals surface area (Å²) in [5.41, 5.74) is 1.59. The van der Waals surface area contributed by atoms with Gasteiger partial charge in [-0.3, -0.25) is 19.2 Å². The van der Waals surface area contributed by atoms with Gasteiger partial charge in [0, 0.05) is 16.5 Å². The van der Waals surface area contributed by atoms with Crippen LogP contribution in [0, 0.1) is 5.92 Å². The summed E-state index contributed by atoms with van der Waals surface area (Å²) in [5, 5.41) is 11.9. The van der Waals surface area contributed by atoms with Crippen LogP contribution in [0.25, 0.3) is 0 Å². The summed E-state index contributed by atoms with van der Waals surface area (Å²) >= 11 is 2.20. The van der Waals surface area contributed by atoms with E-state index in [1.54, 1.807) is 54.6 Å². The number of anilines is 2. The minimum atomic E-state index is -0.772. The van der Waals surface area contributed by atoms with Crippen LogP contribution in [0.5, 0.6) is 23.0 Å². The average Bonchev–Trinajstić information content (AvgIpc) is 3.51. The van der Waals surface area contributed by atoms with Gasteiger partial charge in [0.05, 0.1) is 30.9 Å². The summed E-state index contributed by atoms with van der Waals surface area (Å²) in [5.74, 6) is -1.23. The molecule has 13 heteroatoms. The Morgan fingerprint density at radius 3 is 2.40 bits per heavy atom. The summed E-state index contributed by atoms with van der Waals surface area (Å²) in [6.45, 7) is -0.311. The van der Waals surface area contributed by atoms with Gasteiger partial charge in [0.15, 0.2) is 18.1 Å². The number of amides is 3. The van der Waals surface area contributed by atoms with Gasteiger partial charge < -0.3 is 29.6 Å². The van der Waals surface area contributed by atoms with Gasteiger partial charge in [0.2, 0.25) is 11.8 Å². The second-order valence-electron chi connectivity index (χ2n) is 9.75. The molecule has 3 aromatic carbocycles. The van der Waals surface area contributed by atoms with Crippen LogP contribution < -0.4 is 29.3 Å². The van der Waals surface area contributed by atoms with Crippen molar-refractivity contribution in [3.05, 3.63) is 86.8 Å². The van der Waals surface area contributed by atoms with E-state index in [0.29, 0.717) is 44.1 Å². The third kappa shape index (κ3) is 5.32. The van der Waals surface area contributed by atoms with E-state index < -0.39 is 23.0 Å². The molecule has 0 spiro atoms. The predicted octanol–water partition coefficient (Wildman–Crippen LogP) is 3.97. The van der Waals surface area contributed by atoms with Crippen molar-refractivity contribution in [2.75, 3.05) is 31.0 Å². The molecule has 3 N–H and O–H groups in total. The zero-order valence-electron chi connectivity index (χ0n) is 22.9. The normalized spacial score (nSPS) is 19.0. The number of carbonyl (C=O) groups excluding carboxylic acids is 3. The van der Waals surface area contributed by atoms with Crippen LogP contribution in [-0.4, -0.2) is 53.9 Å². The van der Waals surface area contributed by atoms with E-state index in [-0.39, 0.29) is 29.0 Å². The Labute approximate surface area is 253 Å². The van der Waals surface area contributed by atoms with Crippen molar-refractivity contribution in [3.8, 4) is 23.0 Å². The topological polar surface area (TPSA) is 147 Å². The van der Waals surface area contributed by atoms with Crippen LogP contribution >= 0.6 is 23.1 Å². The van der Waals surface area contributed by atoms with Gasteiger partial charge in [-0.25, -0.2) is 4.90 Å². The highest BCUT2D eigenvalue weighted by molar-refractivity contribution is 8.00. The molecule has 0 aliphatic carbocycles. The monoisotopic (exact) mass is 619 g/mol. The number of methoxy groups -OCH3 is 2. The molecule has 11 nitrogen and oxygen atoms in total. The Balaban J connectivity index is 1.29. The van der Waals surface area contributed by atoms with E-state index in [2.05, 4.69) is 10.3 Å². The number of thioether (sulfide) groups is 1. The molecule has 3 heterocycles. The van der Waals surface area contributed by atoms with Crippen LogP contribution in [0.1, 0.15) is 16.4 Å². The molecule has 6 rings (SSSR count). The van der Waals surface area contributed by atoms with Gasteiger partial charge in [-0.05, 0) is 66.2 Å². The molecule has 3 amide bonds. The summed E-state index contributed by atoms with van der Waals surface area (Å²) in [6, 6.07) is 17.8. The molecule has 220 valence electrons. The van der Waals surface area contributed by atoms with Gasteiger partial charge in [0.25, 0.3) is 5.91 Å². The lowest BCUT2D eigenvalue weighted by atomic mass is 9.83. The summed E-state index contributed by atoms with van der Waals surface area (Å²) in [7, 11) is 2.99. The van der Waals surface area contributed by atoms with Gasteiger partial charge in [-0.15, -0.1) is 0 Å². The minimum absolute atomic E-state index is 0.0816. The van der Waals surface area contributed by atoms with Gasteiger partial charge >= 0.3 is 4.87 Å². The van der Waals surface area contributed by atoms with Crippen LogP contribution in [0.3, 0.4) is 0 Å². The van der Waals surface area contributed by atoms with Gasteiger partial charge in [-0.2, -0.15) is 0 Å². The lowest BCUT2D eigenvalue weighted by molar-refractivity contribution is -0.122. The molecule has 43 heavy (non-hydrogen) atoms. The van der Waals surface area contributed by atoms with Crippen molar-refractivity contribution in [2.24, 2.45) is 5.92 Å². The van der Waals surface area contributed by atoms with E-state index in [1.807, 2.05) is 0 Å². The minimum Gasteiger partial charge on any atom is -0.508 e. The van der Waals surface area contributed by atoms with Gasteiger partial charge in [0.1, 0.15) is 16.7 Å². The van der Waals surface area contributed by atoms with E-state index >= 15 is 0 Å². The van der Waals surface area contributed by atoms with Crippen molar-refractivity contribution in [2.45, 2.75) is 16.2 Å². The number of rotatable bonds is 8. The smallest absolute Gasteiger partial charge is 0.305 e. The number of ether oxygens (including phenoxy) is 3. The molecule has 3 atom stereocenters. The maximum absolute atomic E-state index is 13.9. The first-order valence-corrected chi connectivity index (χ1v) is 14.8. The summed E-state index contributed by atoms with van der Waals surface area (Å²) in [4.78, 5) is 56.8. The largest absolute Gasteiger partial charge is 0.508 e. The molecule has 4 aromatic rings. The molecule has 0 radical (unpaired) electrons. The van der Waals surface area contributed by atoms with Crippen molar-refractivity contribution in [3.63, 3.8) is 0 Å². The third-order valence-corrected chi connectivity index (χ3v) is 9.61.